The van der Waals surface area contributed by atoms with Crippen LogP contribution in [0.2, 0.25) is 0 Å². The maximum atomic E-state index is 14.0. The summed E-state index contributed by atoms with van der Waals surface area (Å²) < 4.78 is 18.9. The van der Waals surface area contributed by atoms with Gasteiger partial charge in [0.05, 0.1) is 12.5 Å². The second-order valence-electron chi connectivity index (χ2n) is 6.44. The fourth-order valence-corrected chi connectivity index (χ4v) is 3.55. The van der Waals surface area contributed by atoms with E-state index in [1.807, 2.05) is 12.3 Å². The van der Waals surface area contributed by atoms with E-state index in [-0.39, 0.29) is 17.5 Å². The molecule has 0 spiro atoms. The van der Waals surface area contributed by atoms with Crippen molar-refractivity contribution < 1.29 is 13.9 Å². The zero-order valence-electron chi connectivity index (χ0n) is 14.4. The molecular weight excluding hydrogens is 335 g/mol. The molecule has 1 aliphatic heterocycles. The summed E-state index contributed by atoms with van der Waals surface area (Å²) >= 11 is 0. The molecule has 0 bridgehead atoms. The number of H-pyrrole nitrogens is 1. The first-order valence-corrected chi connectivity index (χ1v) is 8.58. The van der Waals surface area contributed by atoms with Gasteiger partial charge in [-0.05, 0) is 37.1 Å². The molecule has 1 saturated heterocycles. The van der Waals surface area contributed by atoms with Gasteiger partial charge in [0.1, 0.15) is 17.8 Å². The number of halogens is 1. The fourth-order valence-electron chi connectivity index (χ4n) is 3.55. The molecule has 0 amide bonds. The molecule has 4 rings (SSSR count). The number of hydrogen-bond donors (Lipinski definition) is 1. The summed E-state index contributed by atoms with van der Waals surface area (Å²) in [6.07, 6.45) is 5.02. The van der Waals surface area contributed by atoms with Gasteiger partial charge in [0.2, 0.25) is 0 Å². The van der Waals surface area contributed by atoms with Crippen LogP contribution in [-0.4, -0.2) is 40.9 Å². The Morgan fingerprint density at radius 1 is 1.35 bits per heavy atom. The Hall–Kier alpha value is -2.96. The van der Waals surface area contributed by atoms with E-state index in [1.165, 1.54) is 25.6 Å². The minimum atomic E-state index is -0.518. The number of ketones is 1. The zero-order chi connectivity index (χ0) is 18.1. The first-order valence-electron chi connectivity index (χ1n) is 8.58. The fraction of sp³-hybridized carbons (Fsp3) is 0.316. The number of aromatic amines is 1. The SMILES string of the molecule is COc1ccc(C(=O)C2CCCN(c3ncnc4[nH]ccc34)C2)cc1F. The normalized spacial score (nSPS) is 17.5. The van der Waals surface area contributed by atoms with Crippen LogP contribution in [0.4, 0.5) is 10.2 Å². The predicted molar refractivity (Wildman–Crippen MR) is 96.1 cm³/mol. The average Bonchev–Trinajstić information content (AvgIpc) is 3.16. The van der Waals surface area contributed by atoms with Crippen LogP contribution in [0.3, 0.4) is 0 Å². The lowest BCUT2D eigenvalue weighted by atomic mass is 9.90. The number of hydrogen-bond acceptors (Lipinski definition) is 5. The smallest absolute Gasteiger partial charge is 0.167 e. The number of carbonyl (C=O) groups excluding carboxylic acids is 1. The van der Waals surface area contributed by atoms with E-state index >= 15 is 0 Å². The highest BCUT2D eigenvalue weighted by Crippen LogP contribution is 2.29. The third-order valence-electron chi connectivity index (χ3n) is 4.86. The van der Waals surface area contributed by atoms with Gasteiger partial charge in [0.25, 0.3) is 0 Å². The number of nitrogens with one attached hydrogen (secondary N) is 1. The number of anilines is 1. The number of piperidine rings is 1. The number of nitrogens with zero attached hydrogens (tertiary/aromatic N) is 3. The van der Waals surface area contributed by atoms with Gasteiger partial charge in [0, 0.05) is 30.8 Å². The highest BCUT2D eigenvalue weighted by molar-refractivity contribution is 5.98. The first-order chi connectivity index (χ1) is 12.7. The number of Topliss-reactive ketones (excluding diaryl/α,β-unsaturated/α-hetero) is 1. The van der Waals surface area contributed by atoms with Crippen LogP contribution >= 0.6 is 0 Å². The molecule has 1 N–H and O–H groups in total. The summed E-state index contributed by atoms with van der Waals surface area (Å²) in [6, 6.07) is 6.32. The molecule has 1 fully saturated rings. The second kappa shape index (κ2) is 6.74. The molecule has 3 heterocycles. The average molecular weight is 354 g/mol. The van der Waals surface area contributed by atoms with Crippen molar-refractivity contribution in [2.24, 2.45) is 5.92 Å². The third kappa shape index (κ3) is 2.89. The molecule has 0 radical (unpaired) electrons. The Labute approximate surface area is 150 Å². The van der Waals surface area contributed by atoms with Gasteiger partial charge in [-0.25, -0.2) is 14.4 Å². The molecule has 3 aromatic rings. The number of fused-ring (bicyclic) bond motifs is 1. The van der Waals surface area contributed by atoms with Gasteiger partial charge < -0.3 is 14.6 Å². The number of benzene rings is 1. The van der Waals surface area contributed by atoms with E-state index in [4.69, 9.17) is 4.74 Å². The Balaban J connectivity index is 1.58. The van der Waals surface area contributed by atoms with Crippen LogP contribution in [0.1, 0.15) is 23.2 Å². The minimum Gasteiger partial charge on any atom is -0.494 e. The van der Waals surface area contributed by atoms with Gasteiger partial charge in [-0.3, -0.25) is 4.79 Å². The largest absolute Gasteiger partial charge is 0.494 e. The molecule has 1 atom stereocenters. The summed E-state index contributed by atoms with van der Waals surface area (Å²) in [7, 11) is 1.41. The van der Waals surface area contributed by atoms with Crippen LogP contribution < -0.4 is 9.64 Å². The van der Waals surface area contributed by atoms with Crippen molar-refractivity contribution in [2.75, 3.05) is 25.1 Å². The number of aromatic nitrogens is 3. The monoisotopic (exact) mass is 354 g/mol. The van der Waals surface area contributed by atoms with E-state index in [1.54, 1.807) is 6.07 Å². The molecule has 1 aromatic carbocycles. The second-order valence-corrected chi connectivity index (χ2v) is 6.44. The number of ether oxygens (including phenoxy) is 1. The Morgan fingerprint density at radius 3 is 3.04 bits per heavy atom. The topological polar surface area (TPSA) is 71.1 Å². The number of carbonyl (C=O) groups is 1. The van der Waals surface area contributed by atoms with Crippen molar-refractivity contribution in [1.82, 2.24) is 15.0 Å². The van der Waals surface area contributed by atoms with Gasteiger partial charge >= 0.3 is 0 Å². The molecule has 6 nitrogen and oxygen atoms in total. The van der Waals surface area contributed by atoms with Gasteiger partial charge in [-0.1, -0.05) is 0 Å². The highest BCUT2D eigenvalue weighted by Gasteiger charge is 2.28. The van der Waals surface area contributed by atoms with Crippen molar-refractivity contribution in [3.63, 3.8) is 0 Å². The lowest BCUT2D eigenvalue weighted by molar-refractivity contribution is 0.0906. The van der Waals surface area contributed by atoms with E-state index < -0.39 is 5.82 Å². The molecule has 7 heteroatoms. The maximum absolute atomic E-state index is 14.0. The summed E-state index contributed by atoms with van der Waals surface area (Å²) in [5.74, 6) is 0.212. The maximum Gasteiger partial charge on any atom is 0.167 e. The summed E-state index contributed by atoms with van der Waals surface area (Å²) in [5.41, 5.74) is 1.16. The molecule has 2 aromatic heterocycles. The van der Waals surface area contributed by atoms with Crippen molar-refractivity contribution in [3.8, 4) is 5.75 Å². The van der Waals surface area contributed by atoms with E-state index in [0.29, 0.717) is 12.1 Å². The van der Waals surface area contributed by atoms with Crippen LogP contribution in [0.5, 0.6) is 5.75 Å². The van der Waals surface area contributed by atoms with E-state index in [9.17, 15) is 9.18 Å². The molecule has 1 aliphatic rings. The molecule has 134 valence electrons. The predicted octanol–water partition coefficient (Wildman–Crippen LogP) is 3.20. The van der Waals surface area contributed by atoms with Crippen LogP contribution in [-0.2, 0) is 0 Å². The molecule has 0 saturated carbocycles. The van der Waals surface area contributed by atoms with Gasteiger partial charge in [-0.2, -0.15) is 0 Å². The molecular formula is C19H19FN4O2. The number of rotatable bonds is 4. The molecule has 26 heavy (non-hydrogen) atoms. The summed E-state index contributed by atoms with van der Waals surface area (Å²) in [6.45, 7) is 1.39. The lowest BCUT2D eigenvalue weighted by Gasteiger charge is -2.33. The van der Waals surface area contributed by atoms with E-state index in [0.717, 1.165) is 36.2 Å². The Kier molecular flexibility index (Phi) is 4.28. The first kappa shape index (κ1) is 16.5. The minimum absolute atomic E-state index is 0.0457. The van der Waals surface area contributed by atoms with Crippen LogP contribution in [0.25, 0.3) is 11.0 Å². The summed E-state index contributed by atoms with van der Waals surface area (Å²) in [4.78, 5) is 26.7. The van der Waals surface area contributed by atoms with Crippen molar-refractivity contribution in [3.05, 3.63) is 48.2 Å². The molecule has 1 unspecified atom stereocenters. The lowest BCUT2D eigenvalue weighted by Crippen LogP contribution is -2.39. The Bertz CT molecular complexity index is 956. The van der Waals surface area contributed by atoms with Crippen molar-refractivity contribution in [1.29, 1.82) is 0 Å². The Morgan fingerprint density at radius 2 is 2.23 bits per heavy atom. The number of methoxy groups -OCH3 is 1. The van der Waals surface area contributed by atoms with E-state index in [2.05, 4.69) is 19.9 Å². The van der Waals surface area contributed by atoms with Crippen molar-refractivity contribution >= 4 is 22.6 Å². The van der Waals surface area contributed by atoms with Crippen LogP contribution in [0.15, 0.2) is 36.8 Å². The summed E-state index contributed by atoms with van der Waals surface area (Å²) in [5, 5.41) is 0.941. The van der Waals surface area contributed by atoms with Gasteiger partial charge in [0.15, 0.2) is 17.3 Å². The zero-order valence-corrected chi connectivity index (χ0v) is 14.4. The molecule has 0 aliphatic carbocycles. The van der Waals surface area contributed by atoms with Gasteiger partial charge in [-0.15, -0.1) is 0 Å². The van der Waals surface area contributed by atoms with Crippen molar-refractivity contribution in [2.45, 2.75) is 12.8 Å². The highest BCUT2D eigenvalue weighted by atomic mass is 19.1. The third-order valence-corrected chi connectivity index (χ3v) is 4.86. The standard InChI is InChI=1S/C19H19FN4O2/c1-26-16-5-4-12(9-15(16)20)17(25)13-3-2-8-24(10-13)19-14-6-7-21-18(14)22-11-23-19/h4-7,9,11,13H,2-3,8,10H2,1H3,(H,21,22,23). The van der Waals surface area contributed by atoms with Crippen LogP contribution in [0, 0.1) is 11.7 Å². The quantitative estimate of drug-likeness (QED) is 0.729.